The summed E-state index contributed by atoms with van der Waals surface area (Å²) < 4.78 is 0. The highest BCUT2D eigenvalue weighted by atomic mass is 35.5. The molecule has 2 rings (SSSR count). The van der Waals surface area contributed by atoms with Gasteiger partial charge in [-0.3, -0.25) is 0 Å². The van der Waals surface area contributed by atoms with Crippen molar-refractivity contribution in [1.82, 2.24) is 5.32 Å². The van der Waals surface area contributed by atoms with Gasteiger partial charge in [-0.05, 0) is 31.7 Å². The summed E-state index contributed by atoms with van der Waals surface area (Å²) in [6.07, 6.45) is 3.76. The maximum atomic E-state index is 5.99. The van der Waals surface area contributed by atoms with E-state index in [1.54, 1.807) is 0 Å². The molecule has 1 fully saturated rings. The van der Waals surface area contributed by atoms with Crippen LogP contribution >= 0.6 is 11.6 Å². The SMILES string of the molecule is Cc1ccc(CNC2(CCl)CCC2)cc1. The Morgan fingerprint density at radius 2 is 1.93 bits per heavy atom. The fourth-order valence-corrected chi connectivity index (χ4v) is 2.32. The van der Waals surface area contributed by atoms with Crippen molar-refractivity contribution in [3.8, 4) is 0 Å². The first-order chi connectivity index (χ1) is 7.24. The molecule has 0 amide bonds. The van der Waals surface area contributed by atoms with E-state index in [-0.39, 0.29) is 5.54 Å². The average molecular weight is 224 g/mol. The third-order valence-corrected chi connectivity index (χ3v) is 3.87. The largest absolute Gasteiger partial charge is 0.306 e. The molecular formula is C13H18ClN. The van der Waals surface area contributed by atoms with Crippen LogP contribution in [-0.4, -0.2) is 11.4 Å². The number of nitrogens with one attached hydrogen (secondary N) is 1. The number of benzene rings is 1. The first kappa shape index (κ1) is 11.0. The van der Waals surface area contributed by atoms with Gasteiger partial charge in [-0.15, -0.1) is 11.6 Å². The van der Waals surface area contributed by atoms with Crippen LogP contribution in [0.15, 0.2) is 24.3 Å². The lowest BCUT2D eigenvalue weighted by Crippen LogP contribution is -2.52. The van der Waals surface area contributed by atoms with Gasteiger partial charge in [0.15, 0.2) is 0 Å². The average Bonchev–Trinajstić information content (AvgIpc) is 2.20. The van der Waals surface area contributed by atoms with E-state index in [1.807, 2.05) is 0 Å². The van der Waals surface area contributed by atoms with E-state index in [9.17, 15) is 0 Å². The first-order valence-corrected chi connectivity index (χ1v) is 6.14. The Bertz CT molecular complexity index is 308. The molecule has 0 saturated heterocycles. The molecule has 0 atom stereocenters. The van der Waals surface area contributed by atoms with Crippen LogP contribution in [-0.2, 0) is 6.54 Å². The molecule has 0 heterocycles. The third kappa shape index (κ3) is 2.53. The molecule has 0 unspecified atom stereocenters. The molecule has 0 spiro atoms. The van der Waals surface area contributed by atoms with E-state index in [1.165, 1.54) is 30.4 Å². The molecule has 82 valence electrons. The number of alkyl halides is 1. The van der Waals surface area contributed by atoms with E-state index < -0.39 is 0 Å². The first-order valence-electron chi connectivity index (χ1n) is 5.61. The maximum Gasteiger partial charge on any atom is 0.0406 e. The predicted molar refractivity (Wildman–Crippen MR) is 65.3 cm³/mol. The van der Waals surface area contributed by atoms with Crippen molar-refractivity contribution < 1.29 is 0 Å². The lowest BCUT2D eigenvalue weighted by molar-refractivity contribution is 0.211. The second-order valence-corrected chi connectivity index (χ2v) is 4.87. The summed E-state index contributed by atoms with van der Waals surface area (Å²) in [7, 11) is 0. The van der Waals surface area contributed by atoms with Crippen LogP contribution in [0.4, 0.5) is 0 Å². The molecule has 15 heavy (non-hydrogen) atoms. The number of aryl methyl sites for hydroxylation is 1. The Morgan fingerprint density at radius 3 is 2.40 bits per heavy atom. The van der Waals surface area contributed by atoms with Gasteiger partial charge in [-0.1, -0.05) is 29.8 Å². The lowest BCUT2D eigenvalue weighted by Gasteiger charge is -2.41. The number of rotatable bonds is 4. The van der Waals surface area contributed by atoms with E-state index in [0.717, 1.165) is 12.4 Å². The molecule has 0 aliphatic heterocycles. The Balaban J connectivity index is 1.90. The third-order valence-electron chi connectivity index (χ3n) is 3.35. The Morgan fingerprint density at radius 1 is 1.27 bits per heavy atom. The van der Waals surface area contributed by atoms with E-state index >= 15 is 0 Å². The molecule has 1 aliphatic carbocycles. The van der Waals surface area contributed by atoms with Gasteiger partial charge in [0.05, 0.1) is 0 Å². The van der Waals surface area contributed by atoms with Gasteiger partial charge in [-0.2, -0.15) is 0 Å². The van der Waals surface area contributed by atoms with Crippen LogP contribution < -0.4 is 5.32 Å². The molecule has 1 aliphatic rings. The fraction of sp³-hybridized carbons (Fsp3) is 0.538. The molecule has 1 aromatic rings. The summed E-state index contributed by atoms with van der Waals surface area (Å²) in [5.74, 6) is 0.735. The molecule has 1 N–H and O–H groups in total. The van der Waals surface area contributed by atoms with E-state index in [2.05, 4.69) is 36.5 Å². The topological polar surface area (TPSA) is 12.0 Å². The summed E-state index contributed by atoms with van der Waals surface area (Å²) in [5, 5.41) is 3.59. The normalized spacial score (nSPS) is 18.5. The number of hydrogen-bond donors (Lipinski definition) is 1. The van der Waals surface area contributed by atoms with E-state index in [4.69, 9.17) is 11.6 Å². The second kappa shape index (κ2) is 4.54. The monoisotopic (exact) mass is 223 g/mol. The molecule has 0 radical (unpaired) electrons. The van der Waals surface area contributed by atoms with Crippen molar-refractivity contribution in [2.45, 2.75) is 38.3 Å². The van der Waals surface area contributed by atoms with Crippen molar-refractivity contribution in [3.05, 3.63) is 35.4 Å². The summed E-state index contributed by atoms with van der Waals surface area (Å²) in [6.45, 7) is 3.05. The highest BCUT2D eigenvalue weighted by molar-refractivity contribution is 6.18. The van der Waals surface area contributed by atoms with Crippen LogP contribution in [0.3, 0.4) is 0 Å². The van der Waals surface area contributed by atoms with Gasteiger partial charge >= 0.3 is 0 Å². The number of hydrogen-bond acceptors (Lipinski definition) is 1. The van der Waals surface area contributed by atoms with Gasteiger partial charge < -0.3 is 5.32 Å². The van der Waals surface area contributed by atoms with Gasteiger partial charge in [0, 0.05) is 18.0 Å². The summed E-state index contributed by atoms with van der Waals surface area (Å²) in [6, 6.07) is 8.68. The van der Waals surface area contributed by atoms with Crippen molar-refractivity contribution in [1.29, 1.82) is 0 Å². The fourth-order valence-electron chi connectivity index (χ4n) is 1.96. The minimum Gasteiger partial charge on any atom is -0.306 e. The van der Waals surface area contributed by atoms with Gasteiger partial charge in [-0.25, -0.2) is 0 Å². The Hall–Kier alpha value is -0.530. The van der Waals surface area contributed by atoms with Gasteiger partial charge in [0.2, 0.25) is 0 Å². The molecule has 1 nitrogen and oxygen atoms in total. The number of halogens is 1. The summed E-state index contributed by atoms with van der Waals surface area (Å²) in [5.41, 5.74) is 2.89. The van der Waals surface area contributed by atoms with Crippen molar-refractivity contribution in [2.24, 2.45) is 0 Å². The van der Waals surface area contributed by atoms with Crippen molar-refractivity contribution >= 4 is 11.6 Å². The second-order valence-electron chi connectivity index (χ2n) is 4.61. The molecule has 1 saturated carbocycles. The van der Waals surface area contributed by atoms with Gasteiger partial charge in [0.25, 0.3) is 0 Å². The van der Waals surface area contributed by atoms with E-state index in [0.29, 0.717) is 0 Å². The zero-order chi connectivity index (χ0) is 10.7. The van der Waals surface area contributed by atoms with Crippen LogP contribution in [0.25, 0.3) is 0 Å². The maximum absolute atomic E-state index is 5.99. The summed E-state index contributed by atoms with van der Waals surface area (Å²) in [4.78, 5) is 0. The van der Waals surface area contributed by atoms with Crippen LogP contribution in [0, 0.1) is 6.92 Å². The van der Waals surface area contributed by atoms with Crippen molar-refractivity contribution in [2.75, 3.05) is 5.88 Å². The smallest absolute Gasteiger partial charge is 0.0406 e. The molecule has 2 heteroatoms. The van der Waals surface area contributed by atoms with Crippen LogP contribution in [0.5, 0.6) is 0 Å². The Kier molecular flexibility index (Phi) is 3.32. The molecular weight excluding hydrogens is 206 g/mol. The highest BCUT2D eigenvalue weighted by Gasteiger charge is 2.35. The standard InChI is InChI=1S/C13H18ClN/c1-11-3-5-12(6-4-11)9-15-13(10-14)7-2-8-13/h3-6,15H,2,7-10H2,1H3. The minimum absolute atomic E-state index is 0.229. The minimum atomic E-state index is 0.229. The molecule has 0 aromatic heterocycles. The highest BCUT2D eigenvalue weighted by Crippen LogP contribution is 2.33. The molecule has 1 aromatic carbocycles. The van der Waals surface area contributed by atoms with Crippen LogP contribution in [0.1, 0.15) is 30.4 Å². The van der Waals surface area contributed by atoms with Gasteiger partial charge in [0.1, 0.15) is 0 Å². The van der Waals surface area contributed by atoms with Crippen molar-refractivity contribution in [3.63, 3.8) is 0 Å². The molecule has 0 bridgehead atoms. The zero-order valence-electron chi connectivity index (χ0n) is 9.22. The predicted octanol–water partition coefficient (Wildman–Crippen LogP) is 3.25. The summed E-state index contributed by atoms with van der Waals surface area (Å²) >= 11 is 5.99. The quantitative estimate of drug-likeness (QED) is 0.773. The lowest BCUT2D eigenvalue weighted by atomic mass is 9.78. The zero-order valence-corrected chi connectivity index (χ0v) is 9.98. The Labute approximate surface area is 96.8 Å². The van der Waals surface area contributed by atoms with Crippen LogP contribution in [0.2, 0.25) is 0 Å².